The Morgan fingerprint density at radius 2 is 2.00 bits per heavy atom. The Kier molecular flexibility index (Phi) is 5.78. The van der Waals surface area contributed by atoms with Gasteiger partial charge in [-0.15, -0.1) is 0 Å². The van der Waals surface area contributed by atoms with Crippen molar-refractivity contribution >= 4 is 34.3 Å². The number of carbonyl (C=O) groups is 1. The maximum Gasteiger partial charge on any atom is 0.234 e. The highest BCUT2D eigenvalue weighted by Gasteiger charge is 2.11. The van der Waals surface area contributed by atoms with Crippen LogP contribution in [0.1, 0.15) is 18.1 Å². The fraction of sp³-hybridized carbons (Fsp3) is 0.238. The van der Waals surface area contributed by atoms with E-state index in [1.54, 1.807) is 7.11 Å². The molecule has 0 aliphatic rings. The van der Waals surface area contributed by atoms with E-state index in [9.17, 15) is 4.79 Å². The molecule has 0 atom stereocenters. The molecule has 0 bridgehead atoms. The molecular weight excluding hydrogens is 344 g/mol. The van der Waals surface area contributed by atoms with E-state index in [0.717, 1.165) is 27.9 Å². The number of thioether (sulfide) groups is 1. The zero-order valence-corrected chi connectivity index (χ0v) is 16.0. The SMILES string of the molecule is CCc1cc2ccc(C)cc2nc1SCC(=O)Nc1ccccc1OC. The summed E-state index contributed by atoms with van der Waals surface area (Å²) in [7, 11) is 1.59. The maximum atomic E-state index is 12.4. The third-order valence-corrected chi connectivity index (χ3v) is 5.15. The minimum atomic E-state index is -0.0762. The smallest absolute Gasteiger partial charge is 0.234 e. The third-order valence-electron chi connectivity index (χ3n) is 4.11. The topological polar surface area (TPSA) is 51.2 Å². The number of aryl methyl sites for hydroxylation is 2. The number of fused-ring (bicyclic) bond motifs is 1. The highest BCUT2D eigenvalue weighted by atomic mass is 32.2. The Balaban J connectivity index is 1.75. The number of methoxy groups -OCH3 is 1. The number of pyridine rings is 1. The second-order valence-electron chi connectivity index (χ2n) is 6.04. The Labute approximate surface area is 158 Å². The number of aromatic nitrogens is 1. The van der Waals surface area contributed by atoms with Gasteiger partial charge in [-0.3, -0.25) is 4.79 Å². The van der Waals surface area contributed by atoms with Crippen molar-refractivity contribution in [2.24, 2.45) is 0 Å². The maximum absolute atomic E-state index is 12.4. The van der Waals surface area contributed by atoms with Gasteiger partial charge < -0.3 is 10.1 Å². The first kappa shape index (κ1) is 18.3. The number of carbonyl (C=O) groups excluding carboxylic acids is 1. The monoisotopic (exact) mass is 366 g/mol. The van der Waals surface area contributed by atoms with Crippen LogP contribution < -0.4 is 10.1 Å². The molecule has 5 heteroatoms. The molecule has 1 amide bonds. The first-order chi connectivity index (χ1) is 12.6. The minimum absolute atomic E-state index is 0.0762. The second-order valence-corrected chi connectivity index (χ2v) is 7.00. The van der Waals surface area contributed by atoms with Crippen molar-refractivity contribution in [2.75, 3.05) is 18.2 Å². The van der Waals surface area contributed by atoms with Gasteiger partial charge in [0.2, 0.25) is 5.91 Å². The number of nitrogens with zero attached hydrogens (tertiary/aromatic N) is 1. The molecule has 0 saturated heterocycles. The zero-order chi connectivity index (χ0) is 18.5. The van der Waals surface area contributed by atoms with E-state index in [2.05, 4.69) is 43.4 Å². The second kappa shape index (κ2) is 8.23. The van der Waals surface area contributed by atoms with Gasteiger partial charge in [0.25, 0.3) is 0 Å². The van der Waals surface area contributed by atoms with Crippen LogP contribution in [0.5, 0.6) is 5.75 Å². The van der Waals surface area contributed by atoms with E-state index in [4.69, 9.17) is 9.72 Å². The molecular formula is C21H22N2O2S. The van der Waals surface area contributed by atoms with Crippen LogP contribution in [0.2, 0.25) is 0 Å². The molecule has 0 aliphatic carbocycles. The van der Waals surface area contributed by atoms with Crippen LogP contribution in [0.25, 0.3) is 10.9 Å². The number of hydrogen-bond donors (Lipinski definition) is 1. The first-order valence-corrected chi connectivity index (χ1v) is 9.55. The van der Waals surface area contributed by atoms with Gasteiger partial charge in [0.15, 0.2) is 0 Å². The summed E-state index contributed by atoms with van der Waals surface area (Å²) in [5.41, 5.74) is 3.99. The Hall–Kier alpha value is -2.53. The van der Waals surface area contributed by atoms with Gasteiger partial charge in [0.05, 0.1) is 24.1 Å². The lowest BCUT2D eigenvalue weighted by Crippen LogP contribution is -2.15. The summed E-state index contributed by atoms with van der Waals surface area (Å²) in [6, 6.07) is 15.8. The predicted octanol–water partition coefficient (Wildman–Crippen LogP) is 4.85. The molecule has 0 aliphatic heterocycles. The van der Waals surface area contributed by atoms with Crippen LogP contribution in [-0.2, 0) is 11.2 Å². The van der Waals surface area contributed by atoms with Crippen molar-refractivity contribution in [3.63, 3.8) is 0 Å². The average molecular weight is 366 g/mol. The normalized spacial score (nSPS) is 10.7. The van der Waals surface area contributed by atoms with Crippen LogP contribution in [0.15, 0.2) is 53.6 Å². The van der Waals surface area contributed by atoms with Crippen molar-refractivity contribution < 1.29 is 9.53 Å². The van der Waals surface area contributed by atoms with Gasteiger partial charge in [0, 0.05) is 5.39 Å². The molecule has 0 spiro atoms. The molecule has 1 heterocycles. The molecule has 0 fully saturated rings. The minimum Gasteiger partial charge on any atom is -0.495 e. The summed E-state index contributed by atoms with van der Waals surface area (Å²) in [5, 5.41) is 4.95. The number of anilines is 1. The molecule has 4 nitrogen and oxygen atoms in total. The van der Waals surface area contributed by atoms with Crippen LogP contribution in [0, 0.1) is 6.92 Å². The van der Waals surface area contributed by atoms with Crippen LogP contribution in [0.4, 0.5) is 5.69 Å². The Bertz CT molecular complexity index is 940. The summed E-state index contributed by atoms with van der Waals surface area (Å²) < 4.78 is 5.27. The molecule has 2 aromatic carbocycles. The molecule has 0 radical (unpaired) electrons. The van der Waals surface area contributed by atoms with E-state index in [1.807, 2.05) is 24.3 Å². The number of amides is 1. The standard InChI is InChI=1S/C21H22N2O2S/c1-4-15-12-16-10-9-14(2)11-18(16)23-21(15)26-13-20(24)22-17-7-5-6-8-19(17)25-3/h5-12H,4,13H2,1-3H3,(H,22,24). The van der Waals surface area contributed by atoms with E-state index in [-0.39, 0.29) is 5.91 Å². The summed E-state index contributed by atoms with van der Waals surface area (Å²) >= 11 is 1.47. The van der Waals surface area contributed by atoms with Gasteiger partial charge in [-0.2, -0.15) is 0 Å². The van der Waals surface area contributed by atoms with Gasteiger partial charge in [-0.25, -0.2) is 4.98 Å². The Morgan fingerprint density at radius 1 is 1.19 bits per heavy atom. The molecule has 1 aromatic heterocycles. The summed E-state index contributed by atoms with van der Waals surface area (Å²) in [4.78, 5) is 17.1. The van der Waals surface area contributed by atoms with E-state index in [1.165, 1.54) is 17.3 Å². The lowest BCUT2D eigenvalue weighted by atomic mass is 10.1. The molecule has 3 rings (SSSR count). The summed E-state index contributed by atoms with van der Waals surface area (Å²) in [6.07, 6.45) is 0.882. The molecule has 1 N–H and O–H groups in total. The zero-order valence-electron chi connectivity index (χ0n) is 15.2. The summed E-state index contributed by atoms with van der Waals surface area (Å²) in [6.45, 7) is 4.17. The summed E-state index contributed by atoms with van der Waals surface area (Å²) in [5.74, 6) is 0.877. The molecule has 134 valence electrons. The van der Waals surface area contributed by atoms with Crippen LogP contribution in [-0.4, -0.2) is 23.8 Å². The van der Waals surface area contributed by atoms with Gasteiger partial charge in [-0.05, 0) is 48.7 Å². The number of ether oxygens (including phenoxy) is 1. The van der Waals surface area contributed by atoms with Crippen molar-refractivity contribution in [3.8, 4) is 5.75 Å². The van der Waals surface area contributed by atoms with Gasteiger partial charge >= 0.3 is 0 Å². The van der Waals surface area contributed by atoms with Gasteiger partial charge in [0.1, 0.15) is 10.8 Å². The van der Waals surface area contributed by atoms with Crippen LogP contribution >= 0.6 is 11.8 Å². The molecule has 0 unspecified atom stereocenters. The quantitative estimate of drug-likeness (QED) is 0.634. The fourth-order valence-corrected chi connectivity index (χ4v) is 3.64. The predicted molar refractivity (Wildman–Crippen MR) is 108 cm³/mol. The van der Waals surface area contributed by atoms with Crippen molar-refractivity contribution in [3.05, 3.63) is 59.7 Å². The highest BCUT2D eigenvalue weighted by molar-refractivity contribution is 8.00. The third kappa shape index (κ3) is 4.17. The number of rotatable bonds is 6. The average Bonchev–Trinajstić information content (AvgIpc) is 2.66. The number of hydrogen-bond acceptors (Lipinski definition) is 4. The highest BCUT2D eigenvalue weighted by Crippen LogP contribution is 2.27. The molecule has 26 heavy (non-hydrogen) atoms. The fourth-order valence-electron chi connectivity index (χ4n) is 2.75. The van der Waals surface area contributed by atoms with Crippen LogP contribution in [0.3, 0.4) is 0 Å². The first-order valence-electron chi connectivity index (χ1n) is 8.56. The molecule has 0 saturated carbocycles. The molecule has 3 aromatic rings. The number of para-hydroxylation sites is 2. The van der Waals surface area contributed by atoms with E-state index < -0.39 is 0 Å². The van der Waals surface area contributed by atoms with E-state index >= 15 is 0 Å². The van der Waals surface area contributed by atoms with Gasteiger partial charge in [-0.1, -0.05) is 43.0 Å². The van der Waals surface area contributed by atoms with Crippen molar-refractivity contribution in [1.82, 2.24) is 4.98 Å². The lowest BCUT2D eigenvalue weighted by molar-refractivity contribution is -0.113. The number of nitrogens with one attached hydrogen (secondary N) is 1. The largest absolute Gasteiger partial charge is 0.495 e. The van der Waals surface area contributed by atoms with Crippen molar-refractivity contribution in [2.45, 2.75) is 25.3 Å². The van der Waals surface area contributed by atoms with Crippen molar-refractivity contribution in [1.29, 1.82) is 0 Å². The van der Waals surface area contributed by atoms with E-state index in [0.29, 0.717) is 17.2 Å². The lowest BCUT2D eigenvalue weighted by Gasteiger charge is -2.11. The Morgan fingerprint density at radius 3 is 2.77 bits per heavy atom. The number of benzene rings is 2.